The summed E-state index contributed by atoms with van der Waals surface area (Å²) in [5.41, 5.74) is 0.240. The third kappa shape index (κ3) is 12.7. The Labute approximate surface area is 199 Å². The molecular formula is C23H34ClN3O6. The van der Waals surface area contributed by atoms with Gasteiger partial charge in [0.05, 0.1) is 11.9 Å². The number of alkyl halides is 1. The Morgan fingerprint density at radius 1 is 1.00 bits per heavy atom. The molecule has 1 rings (SSSR count). The minimum atomic E-state index is -0.910. The molecule has 0 aliphatic heterocycles. The number of nitrogens with one attached hydrogen (secondary N) is 3. The molecule has 1 aromatic rings. The summed E-state index contributed by atoms with van der Waals surface area (Å²) >= 11 is 5.67. The van der Waals surface area contributed by atoms with Gasteiger partial charge in [0, 0.05) is 6.54 Å². The summed E-state index contributed by atoms with van der Waals surface area (Å²) in [6.45, 7) is 7.26. The van der Waals surface area contributed by atoms with E-state index in [2.05, 4.69) is 16.0 Å². The number of hydrogen-bond donors (Lipinski definition) is 3. The highest BCUT2D eigenvalue weighted by Crippen LogP contribution is 2.07. The molecule has 2 atom stereocenters. The summed E-state index contributed by atoms with van der Waals surface area (Å²) in [5, 5.41) is 7.70. The van der Waals surface area contributed by atoms with Gasteiger partial charge in [-0.2, -0.15) is 0 Å². The van der Waals surface area contributed by atoms with Gasteiger partial charge in [-0.15, -0.1) is 11.6 Å². The fourth-order valence-corrected chi connectivity index (χ4v) is 2.87. The molecule has 0 aliphatic rings. The summed E-state index contributed by atoms with van der Waals surface area (Å²) in [4.78, 5) is 48.2. The Balaban J connectivity index is 2.40. The van der Waals surface area contributed by atoms with Gasteiger partial charge in [-0.1, -0.05) is 30.3 Å². The molecule has 3 N–H and O–H groups in total. The van der Waals surface area contributed by atoms with E-state index in [1.54, 1.807) is 20.8 Å². The van der Waals surface area contributed by atoms with Crippen molar-refractivity contribution in [1.29, 1.82) is 0 Å². The predicted octanol–water partition coefficient (Wildman–Crippen LogP) is 3.29. The second-order valence-corrected chi connectivity index (χ2v) is 8.78. The molecule has 0 aliphatic carbocycles. The van der Waals surface area contributed by atoms with Crippen LogP contribution in [0.5, 0.6) is 0 Å². The van der Waals surface area contributed by atoms with Crippen LogP contribution in [-0.2, 0) is 25.7 Å². The first-order chi connectivity index (χ1) is 15.5. The number of rotatable bonds is 12. The molecule has 1 aromatic carbocycles. The molecule has 0 aromatic heterocycles. The van der Waals surface area contributed by atoms with Crippen molar-refractivity contribution in [2.24, 2.45) is 0 Å². The third-order valence-corrected chi connectivity index (χ3v) is 4.63. The molecule has 0 radical (unpaired) electrons. The Morgan fingerprint density at radius 3 is 2.27 bits per heavy atom. The number of halogens is 1. The topological polar surface area (TPSA) is 123 Å². The first-order valence-corrected chi connectivity index (χ1v) is 11.4. The van der Waals surface area contributed by atoms with E-state index in [-0.39, 0.29) is 18.3 Å². The van der Waals surface area contributed by atoms with Crippen molar-refractivity contribution in [1.82, 2.24) is 16.0 Å². The smallest absolute Gasteiger partial charge is 0.408 e. The average molecular weight is 484 g/mol. The fraction of sp³-hybridized carbons (Fsp3) is 0.565. The van der Waals surface area contributed by atoms with E-state index in [4.69, 9.17) is 21.1 Å². The minimum Gasteiger partial charge on any atom is -0.445 e. The summed E-state index contributed by atoms with van der Waals surface area (Å²) in [7, 11) is 0. The van der Waals surface area contributed by atoms with Gasteiger partial charge in [0.25, 0.3) is 0 Å². The standard InChI is InChI=1S/C23H34ClN3O6/c1-16(26-22(31)32-15-17-10-6-5-7-11-17)20(29)27-18(19(28)14-24)12-8-9-13-25-21(30)33-23(2,3)4/h5-7,10-11,16,18H,8-9,12-15H2,1-4H3,(H,25,30)(H,26,31)(H,27,29)/t16-,18-/m0/s1. The number of ketones is 1. The van der Waals surface area contributed by atoms with E-state index >= 15 is 0 Å². The van der Waals surface area contributed by atoms with Crippen molar-refractivity contribution < 1.29 is 28.7 Å². The molecule has 0 fully saturated rings. The minimum absolute atomic E-state index is 0.0751. The van der Waals surface area contributed by atoms with Gasteiger partial charge in [-0.05, 0) is 52.5 Å². The zero-order valence-corrected chi connectivity index (χ0v) is 20.4. The highest BCUT2D eigenvalue weighted by molar-refractivity contribution is 6.28. The second-order valence-electron chi connectivity index (χ2n) is 8.51. The summed E-state index contributed by atoms with van der Waals surface area (Å²) < 4.78 is 10.3. The van der Waals surface area contributed by atoms with Gasteiger partial charge in [0.1, 0.15) is 18.2 Å². The Hall–Kier alpha value is -2.81. The summed E-state index contributed by atoms with van der Waals surface area (Å²) in [5.74, 6) is -1.10. The van der Waals surface area contributed by atoms with Crippen molar-refractivity contribution in [3.05, 3.63) is 35.9 Å². The quantitative estimate of drug-likeness (QED) is 0.309. The van der Waals surface area contributed by atoms with Crippen molar-refractivity contribution in [3.63, 3.8) is 0 Å². The van der Waals surface area contributed by atoms with Crippen LogP contribution in [0.3, 0.4) is 0 Å². The number of amides is 3. The molecule has 0 saturated heterocycles. The lowest BCUT2D eigenvalue weighted by Crippen LogP contribution is -2.50. The molecule has 184 valence electrons. The molecule has 0 bridgehead atoms. The first-order valence-electron chi connectivity index (χ1n) is 10.8. The van der Waals surface area contributed by atoms with Crippen molar-refractivity contribution in [3.8, 4) is 0 Å². The highest BCUT2D eigenvalue weighted by Gasteiger charge is 2.24. The maximum atomic E-state index is 12.4. The maximum Gasteiger partial charge on any atom is 0.408 e. The van der Waals surface area contributed by atoms with Crippen LogP contribution in [0.2, 0.25) is 0 Å². The lowest BCUT2D eigenvalue weighted by atomic mass is 10.1. The van der Waals surface area contributed by atoms with E-state index < -0.39 is 35.8 Å². The lowest BCUT2D eigenvalue weighted by Gasteiger charge is -2.21. The molecule has 3 amide bonds. The first kappa shape index (κ1) is 28.2. The number of unbranched alkanes of at least 4 members (excludes halogenated alkanes) is 1. The van der Waals surface area contributed by atoms with Gasteiger partial charge in [0.2, 0.25) is 5.91 Å². The molecule has 0 heterocycles. The zero-order chi connectivity index (χ0) is 24.9. The number of benzene rings is 1. The molecule has 10 heteroatoms. The van der Waals surface area contributed by atoms with E-state index in [0.717, 1.165) is 5.56 Å². The van der Waals surface area contributed by atoms with Gasteiger partial charge in [0.15, 0.2) is 5.78 Å². The van der Waals surface area contributed by atoms with Crippen LogP contribution < -0.4 is 16.0 Å². The largest absolute Gasteiger partial charge is 0.445 e. The lowest BCUT2D eigenvalue weighted by molar-refractivity contribution is -0.127. The van der Waals surface area contributed by atoms with Crippen molar-refractivity contribution in [2.45, 2.75) is 71.2 Å². The van der Waals surface area contributed by atoms with Crippen LogP contribution in [0.25, 0.3) is 0 Å². The van der Waals surface area contributed by atoms with Crippen LogP contribution in [0.15, 0.2) is 30.3 Å². The van der Waals surface area contributed by atoms with Gasteiger partial charge in [-0.25, -0.2) is 9.59 Å². The highest BCUT2D eigenvalue weighted by atomic mass is 35.5. The second kappa shape index (κ2) is 14.4. The Bertz CT molecular complexity index is 782. The number of Topliss-reactive ketones (excluding diaryl/α,β-unsaturated/α-hetero) is 1. The van der Waals surface area contributed by atoms with E-state index in [1.165, 1.54) is 6.92 Å². The third-order valence-electron chi connectivity index (χ3n) is 4.37. The van der Waals surface area contributed by atoms with Crippen molar-refractivity contribution in [2.75, 3.05) is 12.4 Å². The van der Waals surface area contributed by atoms with E-state index in [9.17, 15) is 19.2 Å². The summed E-state index contributed by atoms with van der Waals surface area (Å²) in [6, 6.07) is 7.44. The molecule has 0 spiro atoms. The number of carbonyl (C=O) groups is 4. The molecular weight excluding hydrogens is 450 g/mol. The molecule has 33 heavy (non-hydrogen) atoms. The fourth-order valence-electron chi connectivity index (χ4n) is 2.69. The van der Waals surface area contributed by atoms with Gasteiger partial charge < -0.3 is 25.4 Å². The van der Waals surface area contributed by atoms with Crippen LogP contribution >= 0.6 is 11.6 Å². The SMILES string of the molecule is C[C@H](NC(=O)OCc1ccccc1)C(=O)N[C@@H](CCCCNC(=O)OC(C)(C)C)C(=O)CCl. The van der Waals surface area contributed by atoms with Crippen LogP contribution in [0.1, 0.15) is 52.5 Å². The predicted molar refractivity (Wildman–Crippen MR) is 125 cm³/mol. The normalized spacial score (nSPS) is 12.8. The van der Waals surface area contributed by atoms with Crippen LogP contribution in [-0.4, -0.2) is 54.0 Å². The van der Waals surface area contributed by atoms with Crippen molar-refractivity contribution >= 4 is 35.5 Å². The van der Waals surface area contributed by atoms with Crippen LogP contribution in [0.4, 0.5) is 9.59 Å². The number of ether oxygens (including phenoxy) is 2. The van der Waals surface area contributed by atoms with Gasteiger partial charge in [-0.3, -0.25) is 9.59 Å². The molecule has 0 unspecified atom stereocenters. The molecule has 9 nitrogen and oxygen atoms in total. The average Bonchev–Trinajstić information content (AvgIpc) is 2.75. The number of hydrogen-bond acceptors (Lipinski definition) is 6. The van der Waals surface area contributed by atoms with Gasteiger partial charge >= 0.3 is 12.2 Å². The van der Waals surface area contributed by atoms with Crippen LogP contribution in [0, 0.1) is 0 Å². The zero-order valence-electron chi connectivity index (χ0n) is 19.6. The monoisotopic (exact) mass is 483 g/mol. The molecule has 0 saturated carbocycles. The maximum absolute atomic E-state index is 12.4. The number of carbonyl (C=O) groups excluding carboxylic acids is 4. The van der Waals surface area contributed by atoms with E-state index in [0.29, 0.717) is 25.8 Å². The Morgan fingerprint density at radius 2 is 1.67 bits per heavy atom. The Kier molecular flexibility index (Phi) is 12.3. The van der Waals surface area contributed by atoms with E-state index in [1.807, 2.05) is 30.3 Å². The number of alkyl carbamates (subject to hydrolysis) is 2. The summed E-state index contributed by atoms with van der Waals surface area (Å²) in [6.07, 6.45) is 0.238.